The van der Waals surface area contributed by atoms with Crippen molar-refractivity contribution in [1.82, 2.24) is 9.78 Å². The highest BCUT2D eigenvalue weighted by Crippen LogP contribution is 2.21. The van der Waals surface area contributed by atoms with Gasteiger partial charge >= 0.3 is 5.97 Å². The first-order valence-electron chi connectivity index (χ1n) is 6.20. The fourth-order valence-corrected chi connectivity index (χ4v) is 1.86. The van der Waals surface area contributed by atoms with Gasteiger partial charge in [0.25, 0.3) is 5.56 Å². The molecule has 0 spiro atoms. The molecule has 0 aliphatic carbocycles. The molecule has 2 rings (SSSR count). The molecule has 21 heavy (non-hydrogen) atoms. The van der Waals surface area contributed by atoms with E-state index in [1.54, 1.807) is 24.3 Å². The van der Waals surface area contributed by atoms with Crippen LogP contribution in [0.1, 0.15) is 11.1 Å². The van der Waals surface area contributed by atoms with Gasteiger partial charge < -0.3 is 9.84 Å². The molecule has 0 amide bonds. The fraction of sp³-hybridized carbons (Fsp3) is 0.133. The van der Waals surface area contributed by atoms with E-state index < -0.39 is 5.97 Å². The minimum Gasteiger partial charge on any atom is -0.496 e. The third-order valence-corrected chi connectivity index (χ3v) is 2.83. The van der Waals surface area contributed by atoms with E-state index in [0.29, 0.717) is 11.3 Å². The summed E-state index contributed by atoms with van der Waals surface area (Å²) < 4.78 is 6.56. The van der Waals surface area contributed by atoms with Gasteiger partial charge in [0.15, 0.2) is 0 Å². The van der Waals surface area contributed by atoms with Crippen LogP contribution in [0.3, 0.4) is 0 Å². The molecule has 1 heterocycles. The van der Waals surface area contributed by atoms with E-state index in [-0.39, 0.29) is 12.1 Å². The van der Waals surface area contributed by atoms with Gasteiger partial charge in [-0.3, -0.25) is 4.79 Å². The Bertz CT molecular complexity index is 734. The molecule has 0 aliphatic rings. The summed E-state index contributed by atoms with van der Waals surface area (Å²) in [6, 6.07) is 8.23. The Morgan fingerprint density at radius 2 is 2.24 bits per heavy atom. The van der Waals surface area contributed by atoms with Gasteiger partial charge in [0.05, 0.1) is 13.7 Å². The zero-order valence-electron chi connectivity index (χ0n) is 11.4. The molecular weight excluding hydrogens is 272 g/mol. The lowest BCUT2D eigenvalue weighted by atomic mass is 10.1. The first-order valence-corrected chi connectivity index (χ1v) is 6.20. The smallest absolute Gasteiger partial charge is 0.328 e. The summed E-state index contributed by atoms with van der Waals surface area (Å²) in [6.07, 6.45) is 4.06. The number of carboxylic acid groups (broad SMARTS) is 1. The quantitative estimate of drug-likeness (QED) is 0.840. The van der Waals surface area contributed by atoms with E-state index in [0.717, 1.165) is 11.6 Å². The largest absolute Gasteiger partial charge is 0.496 e. The van der Waals surface area contributed by atoms with Crippen molar-refractivity contribution in [3.63, 3.8) is 0 Å². The molecule has 1 aromatic heterocycles. The number of aliphatic carboxylic acids is 1. The van der Waals surface area contributed by atoms with Crippen molar-refractivity contribution >= 4 is 12.0 Å². The molecule has 2 aromatic rings. The summed E-state index contributed by atoms with van der Waals surface area (Å²) in [4.78, 5) is 22.2. The third kappa shape index (κ3) is 3.79. The van der Waals surface area contributed by atoms with Gasteiger partial charge in [-0.1, -0.05) is 6.07 Å². The second-order valence-electron chi connectivity index (χ2n) is 4.26. The van der Waals surface area contributed by atoms with Gasteiger partial charge in [-0.25, -0.2) is 9.48 Å². The van der Waals surface area contributed by atoms with Gasteiger partial charge in [-0.2, -0.15) is 5.10 Å². The Balaban J connectivity index is 2.36. The summed E-state index contributed by atoms with van der Waals surface area (Å²) >= 11 is 0. The molecule has 0 aliphatic heterocycles. The van der Waals surface area contributed by atoms with Crippen LogP contribution >= 0.6 is 0 Å². The molecular formula is C15H14N2O4. The van der Waals surface area contributed by atoms with Gasteiger partial charge in [-0.05, 0) is 29.8 Å². The monoisotopic (exact) mass is 286 g/mol. The zero-order valence-corrected chi connectivity index (χ0v) is 11.4. The van der Waals surface area contributed by atoms with Crippen LogP contribution < -0.4 is 10.3 Å². The minimum absolute atomic E-state index is 0.217. The average molecular weight is 286 g/mol. The number of hydrogen-bond acceptors (Lipinski definition) is 4. The molecule has 6 nitrogen and oxygen atoms in total. The van der Waals surface area contributed by atoms with Crippen LogP contribution in [0, 0.1) is 0 Å². The van der Waals surface area contributed by atoms with E-state index in [1.165, 1.54) is 30.1 Å². The van der Waals surface area contributed by atoms with Crippen molar-refractivity contribution in [1.29, 1.82) is 0 Å². The summed E-state index contributed by atoms with van der Waals surface area (Å²) in [5.41, 5.74) is 1.23. The number of carboxylic acids is 1. The van der Waals surface area contributed by atoms with Crippen molar-refractivity contribution in [2.45, 2.75) is 6.54 Å². The summed E-state index contributed by atoms with van der Waals surface area (Å²) in [5, 5.41) is 12.6. The van der Waals surface area contributed by atoms with Crippen molar-refractivity contribution in [3.05, 3.63) is 64.1 Å². The normalized spacial score (nSPS) is 10.7. The molecule has 0 saturated heterocycles. The van der Waals surface area contributed by atoms with Gasteiger partial charge in [-0.15, -0.1) is 0 Å². The molecule has 108 valence electrons. The van der Waals surface area contributed by atoms with Gasteiger partial charge in [0.1, 0.15) is 5.75 Å². The fourth-order valence-electron chi connectivity index (χ4n) is 1.86. The first-order chi connectivity index (χ1) is 10.1. The Labute approximate surface area is 120 Å². The van der Waals surface area contributed by atoms with Crippen LogP contribution in [-0.4, -0.2) is 28.0 Å². The SMILES string of the molecule is COc1ccc(C=CC(=O)O)cc1Cn1ncccc1=O. The number of benzene rings is 1. The number of aromatic nitrogens is 2. The Morgan fingerprint density at radius 1 is 1.43 bits per heavy atom. The van der Waals surface area contributed by atoms with Crippen molar-refractivity contribution < 1.29 is 14.6 Å². The number of rotatable bonds is 5. The van der Waals surface area contributed by atoms with Gasteiger partial charge in [0, 0.05) is 23.9 Å². The van der Waals surface area contributed by atoms with Crippen LogP contribution in [0.2, 0.25) is 0 Å². The van der Waals surface area contributed by atoms with E-state index in [4.69, 9.17) is 9.84 Å². The number of methoxy groups -OCH3 is 1. The minimum atomic E-state index is -1.02. The number of nitrogens with zero attached hydrogens (tertiary/aromatic N) is 2. The molecule has 0 radical (unpaired) electrons. The van der Waals surface area contributed by atoms with Crippen LogP contribution in [0.5, 0.6) is 5.75 Å². The molecule has 1 N–H and O–H groups in total. The van der Waals surface area contributed by atoms with Gasteiger partial charge in [0.2, 0.25) is 0 Å². The van der Waals surface area contributed by atoms with E-state index in [2.05, 4.69) is 5.10 Å². The second kappa shape index (κ2) is 6.51. The second-order valence-corrected chi connectivity index (χ2v) is 4.26. The molecule has 1 aromatic carbocycles. The van der Waals surface area contributed by atoms with E-state index in [1.807, 2.05) is 0 Å². The summed E-state index contributed by atoms with van der Waals surface area (Å²) in [6.45, 7) is 0.248. The zero-order chi connectivity index (χ0) is 15.2. The Hall–Kier alpha value is -2.89. The van der Waals surface area contributed by atoms with E-state index >= 15 is 0 Å². The highest BCUT2D eigenvalue weighted by atomic mass is 16.5. The number of carbonyl (C=O) groups is 1. The van der Waals surface area contributed by atoms with Crippen molar-refractivity contribution in [2.75, 3.05) is 7.11 Å². The van der Waals surface area contributed by atoms with Crippen LogP contribution in [-0.2, 0) is 11.3 Å². The highest BCUT2D eigenvalue weighted by molar-refractivity contribution is 5.85. The average Bonchev–Trinajstić information content (AvgIpc) is 2.47. The third-order valence-electron chi connectivity index (χ3n) is 2.83. The Morgan fingerprint density at radius 3 is 2.90 bits per heavy atom. The van der Waals surface area contributed by atoms with Crippen LogP contribution in [0.15, 0.2) is 47.4 Å². The van der Waals surface area contributed by atoms with Crippen molar-refractivity contribution in [2.24, 2.45) is 0 Å². The van der Waals surface area contributed by atoms with Crippen molar-refractivity contribution in [3.8, 4) is 5.75 Å². The first kappa shape index (κ1) is 14.5. The van der Waals surface area contributed by atoms with Crippen LogP contribution in [0.4, 0.5) is 0 Å². The lowest BCUT2D eigenvalue weighted by Gasteiger charge is -2.10. The number of hydrogen-bond donors (Lipinski definition) is 1. The highest BCUT2D eigenvalue weighted by Gasteiger charge is 2.06. The molecule has 6 heteroatoms. The molecule has 0 bridgehead atoms. The molecule has 0 atom stereocenters. The maximum Gasteiger partial charge on any atom is 0.328 e. The maximum absolute atomic E-state index is 11.7. The summed E-state index contributed by atoms with van der Waals surface area (Å²) in [5.74, 6) is -0.409. The lowest BCUT2D eigenvalue weighted by molar-refractivity contribution is -0.131. The Kier molecular flexibility index (Phi) is 4.50. The van der Waals surface area contributed by atoms with Crippen LogP contribution in [0.25, 0.3) is 6.08 Å². The maximum atomic E-state index is 11.7. The topological polar surface area (TPSA) is 81.4 Å². The lowest BCUT2D eigenvalue weighted by Crippen LogP contribution is -2.22. The predicted molar refractivity (Wildman–Crippen MR) is 77.3 cm³/mol. The standard InChI is InChI=1S/C15H14N2O4/c1-21-13-6-4-11(5-7-15(19)20)9-12(13)10-17-14(18)3-2-8-16-17/h2-9H,10H2,1H3,(H,19,20). The molecule has 0 saturated carbocycles. The molecule has 0 fully saturated rings. The summed E-state index contributed by atoms with van der Waals surface area (Å²) in [7, 11) is 1.53. The molecule has 0 unspecified atom stereocenters. The number of ether oxygens (including phenoxy) is 1. The predicted octanol–water partition coefficient (Wildman–Crippen LogP) is 1.40. The van der Waals surface area contributed by atoms with E-state index in [9.17, 15) is 9.59 Å².